The van der Waals surface area contributed by atoms with Crippen molar-refractivity contribution in [1.82, 2.24) is 15.3 Å². The molecule has 1 fully saturated rings. The first-order valence-corrected chi connectivity index (χ1v) is 4.99. The predicted molar refractivity (Wildman–Crippen MR) is 53.4 cm³/mol. The van der Waals surface area contributed by atoms with Gasteiger partial charge in [-0.3, -0.25) is 14.8 Å². The van der Waals surface area contributed by atoms with Gasteiger partial charge in [0.2, 0.25) is 0 Å². The van der Waals surface area contributed by atoms with Gasteiger partial charge in [0.15, 0.2) is 0 Å². The van der Waals surface area contributed by atoms with E-state index in [9.17, 15) is 4.79 Å². The van der Waals surface area contributed by atoms with E-state index in [2.05, 4.69) is 15.3 Å². The maximum Gasteiger partial charge on any atom is 0.320 e. The molecule has 2 rings (SSSR count). The second kappa shape index (κ2) is 4.35. The highest BCUT2D eigenvalue weighted by molar-refractivity contribution is 5.73. The number of aliphatic carboxylic acids is 1. The number of nitrogens with one attached hydrogen (secondary N) is 1. The third-order valence-electron chi connectivity index (χ3n) is 2.70. The zero-order valence-electron chi connectivity index (χ0n) is 8.26. The molecular formula is C10H13N3O2. The van der Waals surface area contributed by atoms with Gasteiger partial charge in [0, 0.05) is 24.5 Å². The number of hydrogen-bond donors (Lipinski definition) is 2. The molecule has 1 aromatic rings. The SMILES string of the molecule is O=C(O)C1CC(c2cnccn2)CCN1. The molecule has 0 amide bonds. The molecule has 5 nitrogen and oxygen atoms in total. The topological polar surface area (TPSA) is 75.1 Å². The van der Waals surface area contributed by atoms with E-state index in [1.54, 1.807) is 18.6 Å². The third kappa shape index (κ3) is 2.30. The summed E-state index contributed by atoms with van der Waals surface area (Å²) in [6.07, 6.45) is 6.50. The fraction of sp³-hybridized carbons (Fsp3) is 0.500. The second-order valence-electron chi connectivity index (χ2n) is 3.70. The molecule has 0 radical (unpaired) electrons. The lowest BCUT2D eigenvalue weighted by molar-refractivity contribution is -0.140. The van der Waals surface area contributed by atoms with Crippen molar-refractivity contribution in [2.45, 2.75) is 24.8 Å². The lowest BCUT2D eigenvalue weighted by Gasteiger charge is -2.27. The minimum atomic E-state index is -0.788. The molecule has 0 aromatic carbocycles. The summed E-state index contributed by atoms with van der Waals surface area (Å²) >= 11 is 0. The summed E-state index contributed by atoms with van der Waals surface area (Å²) in [6.45, 7) is 0.720. The number of aromatic nitrogens is 2. The van der Waals surface area contributed by atoms with E-state index < -0.39 is 12.0 Å². The smallest absolute Gasteiger partial charge is 0.320 e. The Hall–Kier alpha value is -1.49. The largest absolute Gasteiger partial charge is 0.480 e. The summed E-state index contributed by atoms with van der Waals surface area (Å²) in [5.41, 5.74) is 0.894. The fourth-order valence-corrected chi connectivity index (χ4v) is 1.90. The normalized spacial score (nSPS) is 26.1. The molecule has 1 aliphatic rings. The Kier molecular flexibility index (Phi) is 2.91. The minimum Gasteiger partial charge on any atom is -0.480 e. The van der Waals surface area contributed by atoms with Crippen LogP contribution >= 0.6 is 0 Å². The summed E-state index contributed by atoms with van der Waals surface area (Å²) in [7, 11) is 0. The summed E-state index contributed by atoms with van der Waals surface area (Å²) in [4.78, 5) is 19.0. The molecule has 2 unspecified atom stereocenters. The van der Waals surface area contributed by atoms with Crippen molar-refractivity contribution in [3.63, 3.8) is 0 Å². The van der Waals surface area contributed by atoms with Gasteiger partial charge >= 0.3 is 5.97 Å². The van der Waals surface area contributed by atoms with E-state index in [0.717, 1.165) is 18.7 Å². The van der Waals surface area contributed by atoms with Crippen LogP contribution in [-0.2, 0) is 4.79 Å². The van der Waals surface area contributed by atoms with Crippen LogP contribution in [0.1, 0.15) is 24.5 Å². The second-order valence-corrected chi connectivity index (χ2v) is 3.70. The molecule has 0 spiro atoms. The highest BCUT2D eigenvalue weighted by Crippen LogP contribution is 2.25. The Balaban J connectivity index is 2.08. The monoisotopic (exact) mass is 207 g/mol. The highest BCUT2D eigenvalue weighted by Gasteiger charge is 2.27. The van der Waals surface area contributed by atoms with Crippen LogP contribution in [0, 0.1) is 0 Å². The average molecular weight is 207 g/mol. The van der Waals surface area contributed by atoms with Crippen LogP contribution < -0.4 is 5.32 Å². The number of hydrogen-bond acceptors (Lipinski definition) is 4. The first kappa shape index (κ1) is 10.0. The Morgan fingerprint density at radius 1 is 1.53 bits per heavy atom. The van der Waals surface area contributed by atoms with Crippen LogP contribution in [-0.4, -0.2) is 33.6 Å². The Labute approximate surface area is 87.6 Å². The summed E-state index contributed by atoms with van der Waals surface area (Å²) < 4.78 is 0. The number of piperidine rings is 1. The first-order chi connectivity index (χ1) is 7.27. The number of carboxylic acid groups (broad SMARTS) is 1. The zero-order valence-corrected chi connectivity index (χ0v) is 8.26. The Bertz CT molecular complexity index is 342. The molecule has 0 bridgehead atoms. The number of carboxylic acids is 1. The molecule has 0 saturated carbocycles. The van der Waals surface area contributed by atoms with Crippen molar-refractivity contribution >= 4 is 5.97 Å². The molecule has 1 aromatic heterocycles. The molecular weight excluding hydrogens is 194 g/mol. The predicted octanol–water partition coefficient (Wildman–Crippen LogP) is 0.397. The molecule has 2 N–H and O–H groups in total. The number of nitrogens with zero attached hydrogens (tertiary/aromatic N) is 2. The number of rotatable bonds is 2. The lowest BCUT2D eigenvalue weighted by atomic mass is 9.90. The molecule has 15 heavy (non-hydrogen) atoms. The summed E-state index contributed by atoms with van der Waals surface area (Å²) in [6, 6.07) is -0.453. The van der Waals surface area contributed by atoms with Crippen LogP contribution in [0.2, 0.25) is 0 Å². The van der Waals surface area contributed by atoms with E-state index in [1.807, 2.05) is 0 Å². The number of carbonyl (C=O) groups is 1. The van der Waals surface area contributed by atoms with Gasteiger partial charge in [0.25, 0.3) is 0 Å². The Morgan fingerprint density at radius 2 is 2.40 bits per heavy atom. The van der Waals surface area contributed by atoms with Crippen LogP contribution in [0.3, 0.4) is 0 Å². The highest BCUT2D eigenvalue weighted by atomic mass is 16.4. The molecule has 2 atom stereocenters. The van der Waals surface area contributed by atoms with Crippen molar-refractivity contribution in [2.24, 2.45) is 0 Å². The van der Waals surface area contributed by atoms with Crippen molar-refractivity contribution in [3.05, 3.63) is 24.3 Å². The van der Waals surface area contributed by atoms with Gasteiger partial charge in [0.1, 0.15) is 6.04 Å². The summed E-state index contributed by atoms with van der Waals surface area (Å²) in [5.74, 6) is -0.579. The van der Waals surface area contributed by atoms with Gasteiger partial charge in [-0.25, -0.2) is 0 Å². The van der Waals surface area contributed by atoms with Gasteiger partial charge in [0.05, 0.1) is 5.69 Å². The molecule has 2 heterocycles. The quantitative estimate of drug-likeness (QED) is 0.734. The molecule has 5 heteroatoms. The fourth-order valence-electron chi connectivity index (χ4n) is 1.90. The standard InChI is InChI=1S/C10H13N3O2/c14-10(15)8-5-7(1-2-12-8)9-6-11-3-4-13-9/h3-4,6-8,12H,1-2,5H2,(H,14,15). The van der Waals surface area contributed by atoms with Gasteiger partial charge in [-0.1, -0.05) is 0 Å². The first-order valence-electron chi connectivity index (χ1n) is 4.99. The molecule has 1 saturated heterocycles. The van der Waals surface area contributed by atoms with Crippen molar-refractivity contribution < 1.29 is 9.90 Å². The summed E-state index contributed by atoms with van der Waals surface area (Å²) in [5, 5.41) is 11.9. The minimum absolute atomic E-state index is 0.209. The van der Waals surface area contributed by atoms with Crippen molar-refractivity contribution in [2.75, 3.05) is 6.54 Å². The van der Waals surface area contributed by atoms with E-state index in [0.29, 0.717) is 6.42 Å². The van der Waals surface area contributed by atoms with Crippen molar-refractivity contribution in [1.29, 1.82) is 0 Å². The van der Waals surface area contributed by atoms with E-state index >= 15 is 0 Å². The molecule has 1 aliphatic heterocycles. The zero-order chi connectivity index (χ0) is 10.7. The molecule has 80 valence electrons. The van der Waals surface area contributed by atoms with Gasteiger partial charge in [-0.15, -0.1) is 0 Å². The maximum absolute atomic E-state index is 10.8. The van der Waals surface area contributed by atoms with Crippen LogP contribution in [0.5, 0.6) is 0 Å². The maximum atomic E-state index is 10.8. The van der Waals surface area contributed by atoms with Gasteiger partial charge in [-0.05, 0) is 19.4 Å². The van der Waals surface area contributed by atoms with Crippen molar-refractivity contribution in [3.8, 4) is 0 Å². The van der Waals surface area contributed by atoms with E-state index in [-0.39, 0.29) is 5.92 Å². The van der Waals surface area contributed by atoms with Gasteiger partial charge in [-0.2, -0.15) is 0 Å². The molecule has 0 aliphatic carbocycles. The van der Waals surface area contributed by atoms with E-state index in [4.69, 9.17) is 5.11 Å². The third-order valence-corrected chi connectivity index (χ3v) is 2.70. The van der Waals surface area contributed by atoms with Crippen LogP contribution in [0.4, 0.5) is 0 Å². The Morgan fingerprint density at radius 3 is 3.07 bits per heavy atom. The van der Waals surface area contributed by atoms with E-state index in [1.165, 1.54) is 0 Å². The average Bonchev–Trinajstić information content (AvgIpc) is 2.30. The lowest BCUT2D eigenvalue weighted by Crippen LogP contribution is -2.42. The van der Waals surface area contributed by atoms with Gasteiger partial charge < -0.3 is 10.4 Å². The van der Waals surface area contributed by atoms with Crippen LogP contribution in [0.25, 0.3) is 0 Å². The van der Waals surface area contributed by atoms with Crippen LogP contribution in [0.15, 0.2) is 18.6 Å².